The monoisotopic (exact) mass is 857 g/mol. The number of hydrogen-bond acceptors (Lipinski definition) is 10. The molecule has 0 radical (unpaired) electrons. The number of piperidine rings is 2. The number of nitrogens with zero attached hydrogens (tertiary/aromatic N) is 7. The highest BCUT2D eigenvalue weighted by molar-refractivity contribution is 6.33. The van der Waals surface area contributed by atoms with Crippen molar-refractivity contribution in [2.45, 2.75) is 76.7 Å². The van der Waals surface area contributed by atoms with Crippen LogP contribution in [0.1, 0.15) is 76.5 Å². The lowest BCUT2D eigenvalue weighted by Gasteiger charge is -2.49. The van der Waals surface area contributed by atoms with Crippen LogP contribution in [0, 0.1) is 11.7 Å². The largest absolute Gasteiger partial charge is 0.378 e. The molecule has 0 bridgehead atoms. The number of aromatic nitrogens is 4. The summed E-state index contributed by atoms with van der Waals surface area (Å²) in [5.41, 5.74) is 5.93. The van der Waals surface area contributed by atoms with Crippen LogP contribution in [0.25, 0.3) is 16.6 Å². The minimum absolute atomic E-state index is 0.0333. The predicted molar refractivity (Wildman–Crippen MR) is 238 cm³/mol. The van der Waals surface area contributed by atoms with Gasteiger partial charge in [-0.1, -0.05) is 24.8 Å². The van der Waals surface area contributed by atoms with Gasteiger partial charge in [-0.25, -0.2) is 18.2 Å². The van der Waals surface area contributed by atoms with E-state index in [4.69, 9.17) is 21.7 Å². The third-order valence-electron chi connectivity index (χ3n) is 12.7. The van der Waals surface area contributed by atoms with Crippen LogP contribution in [0.4, 0.5) is 42.0 Å². The topological polar surface area (TPSA) is 119 Å². The number of carbonyl (C=O) groups is 1. The van der Waals surface area contributed by atoms with Crippen molar-refractivity contribution < 1.29 is 18.0 Å². The van der Waals surface area contributed by atoms with E-state index in [-0.39, 0.29) is 46.7 Å². The highest BCUT2D eigenvalue weighted by Crippen LogP contribution is 2.39. The fraction of sp³-hybridized carbons (Fsp3) is 0.467. The second-order valence-corrected chi connectivity index (χ2v) is 18.0. The van der Waals surface area contributed by atoms with E-state index in [1.807, 2.05) is 11.7 Å². The number of piperazine rings is 1. The Morgan fingerprint density at radius 1 is 1.07 bits per heavy atom. The summed E-state index contributed by atoms with van der Waals surface area (Å²) in [5.74, 6) is -2.49. The Morgan fingerprint density at radius 2 is 1.85 bits per heavy atom. The van der Waals surface area contributed by atoms with Crippen LogP contribution in [-0.4, -0.2) is 87.8 Å². The Balaban J connectivity index is 0.897. The number of rotatable bonds is 10. The summed E-state index contributed by atoms with van der Waals surface area (Å²) in [6, 6.07) is 9.39. The van der Waals surface area contributed by atoms with Gasteiger partial charge in [0.15, 0.2) is 5.82 Å². The number of aryl methyl sites for hydroxylation is 1. The van der Waals surface area contributed by atoms with Crippen molar-refractivity contribution in [3.8, 4) is 0 Å². The van der Waals surface area contributed by atoms with Crippen molar-refractivity contribution >= 4 is 62.9 Å². The Kier molecular flexibility index (Phi) is 11.7. The normalized spacial score (nSPS) is 21.3. The van der Waals surface area contributed by atoms with Crippen molar-refractivity contribution in [1.29, 1.82) is 0 Å². The van der Waals surface area contributed by atoms with E-state index in [1.165, 1.54) is 18.5 Å². The zero-order valence-corrected chi connectivity index (χ0v) is 36.1. The van der Waals surface area contributed by atoms with Crippen LogP contribution < -0.4 is 31.1 Å². The number of alkyl halides is 2. The number of halogens is 4. The van der Waals surface area contributed by atoms with E-state index in [9.17, 15) is 13.6 Å². The molecule has 2 aromatic carbocycles. The van der Waals surface area contributed by atoms with Gasteiger partial charge >= 0.3 is 0 Å². The van der Waals surface area contributed by atoms with Gasteiger partial charge in [0.1, 0.15) is 10.8 Å². The van der Waals surface area contributed by atoms with Gasteiger partial charge < -0.3 is 31.1 Å². The minimum Gasteiger partial charge on any atom is -0.378 e. The van der Waals surface area contributed by atoms with Crippen molar-refractivity contribution in [1.82, 2.24) is 35.3 Å². The van der Waals surface area contributed by atoms with Crippen molar-refractivity contribution in [2.75, 3.05) is 66.2 Å². The molecule has 1 atom stereocenters. The van der Waals surface area contributed by atoms with Crippen LogP contribution in [0.15, 0.2) is 67.2 Å². The molecule has 3 fully saturated rings. The zero-order chi connectivity index (χ0) is 43.2. The Hall–Kier alpha value is -5.28. The van der Waals surface area contributed by atoms with Gasteiger partial charge in [-0.2, -0.15) is 10.1 Å². The number of anilines is 5. The first-order chi connectivity index (χ1) is 29.1. The van der Waals surface area contributed by atoms with Crippen LogP contribution in [0.2, 0.25) is 5.02 Å². The molecule has 61 heavy (non-hydrogen) atoms. The van der Waals surface area contributed by atoms with Gasteiger partial charge in [0.2, 0.25) is 11.9 Å². The molecule has 4 aliphatic rings. The predicted octanol–water partition coefficient (Wildman–Crippen LogP) is 8.53. The minimum atomic E-state index is -2.86. The van der Waals surface area contributed by atoms with Gasteiger partial charge in [0, 0.05) is 92.4 Å². The van der Waals surface area contributed by atoms with Crippen LogP contribution in [0.3, 0.4) is 0 Å². The number of nitrogens with one attached hydrogen (secondary N) is 4. The standard InChI is InChI=1S/C45H55ClF3N11O/c1-7-50-36-22-35(47)37(21-33(36)39-27(2)12-15-45(48,49)25-52-39)54-41-34(46)23-51-43(55-41)59-16-13-29(14-17-59)24-58-18-19-60(44(4,5)26-58)30-9-11-31-38(20-30)57(6)56-40(31)32-10-8-28(3)53-42(32)61/h7,9,11,20-23,29,32,50,52H,1,3,8,10,12-19,24-26H2,2,4-6H3,(H,53,61)(H,51,54,55). The highest BCUT2D eigenvalue weighted by atomic mass is 35.5. The summed E-state index contributed by atoms with van der Waals surface area (Å²) in [6.45, 7) is 18.8. The maximum absolute atomic E-state index is 15.6. The molecule has 12 nitrogen and oxygen atoms in total. The van der Waals surface area contributed by atoms with Gasteiger partial charge in [-0.15, -0.1) is 0 Å². The van der Waals surface area contributed by atoms with Gasteiger partial charge in [-0.3, -0.25) is 14.4 Å². The van der Waals surface area contributed by atoms with E-state index >= 15 is 4.39 Å². The van der Waals surface area contributed by atoms with Crippen molar-refractivity contribution in [3.63, 3.8) is 0 Å². The maximum Gasteiger partial charge on any atom is 0.265 e. The molecule has 16 heteroatoms. The van der Waals surface area contributed by atoms with Crippen LogP contribution >= 0.6 is 11.6 Å². The third-order valence-corrected chi connectivity index (χ3v) is 13.0. The molecule has 4 aromatic rings. The molecule has 6 heterocycles. The molecule has 1 amide bonds. The van der Waals surface area contributed by atoms with Crippen molar-refractivity contribution in [3.05, 3.63) is 89.3 Å². The number of carbonyl (C=O) groups excluding carboxylic acids is 1. The molecule has 8 rings (SSSR count). The molecule has 4 aliphatic heterocycles. The summed E-state index contributed by atoms with van der Waals surface area (Å²) in [4.78, 5) is 29.3. The van der Waals surface area contributed by atoms with Gasteiger partial charge in [0.05, 0.1) is 41.2 Å². The second-order valence-electron chi connectivity index (χ2n) is 17.6. The molecule has 0 saturated carbocycles. The average Bonchev–Trinajstić information content (AvgIpc) is 3.46. The third kappa shape index (κ3) is 8.90. The summed E-state index contributed by atoms with van der Waals surface area (Å²) in [6.07, 6.45) is 6.27. The fourth-order valence-electron chi connectivity index (χ4n) is 9.41. The van der Waals surface area contributed by atoms with Crippen LogP contribution in [0.5, 0.6) is 0 Å². The second kappa shape index (κ2) is 16.9. The molecular formula is C45H55ClF3N11O. The van der Waals surface area contributed by atoms with Crippen LogP contribution in [-0.2, 0) is 11.8 Å². The summed E-state index contributed by atoms with van der Waals surface area (Å²) in [7, 11) is 1.95. The Bertz CT molecular complexity index is 2390. The van der Waals surface area contributed by atoms with E-state index in [1.54, 1.807) is 13.0 Å². The molecule has 0 spiro atoms. The lowest BCUT2D eigenvalue weighted by molar-refractivity contribution is -0.122. The fourth-order valence-corrected chi connectivity index (χ4v) is 9.55. The maximum atomic E-state index is 15.6. The number of benzene rings is 2. The van der Waals surface area contributed by atoms with E-state index in [0.717, 1.165) is 92.1 Å². The number of amides is 1. The average molecular weight is 858 g/mol. The number of allylic oxidation sites excluding steroid dienone is 2. The Labute approximate surface area is 360 Å². The van der Waals surface area contributed by atoms with Gasteiger partial charge in [0.25, 0.3) is 5.92 Å². The first-order valence-corrected chi connectivity index (χ1v) is 21.5. The molecule has 0 aliphatic carbocycles. The SMILES string of the molecule is C=CNc1cc(F)c(Nc2nc(N3CCC(CN4CCN(c5ccc6c(C7CCC(=C)NC7=O)nn(C)c6c5)C(C)(C)C4)CC3)ncc2Cl)cc1C1=C(C)CCC(F)(F)CN1. The smallest absolute Gasteiger partial charge is 0.265 e. The highest BCUT2D eigenvalue weighted by Gasteiger charge is 2.37. The zero-order valence-electron chi connectivity index (χ0n) is 35.4. The number of hydrogen-bond donors (Lipinski definition) is 4. The molecule has 2 aromatic heterocycles. The lowest BCUT2D eigenvalue weighted by atomic mass is 9.91. The lowest BCUT2D eigenvalue weighted by Crippen LogP contribution is -2.60. The summed E-state index contributed by atoms with van der Waals surface area (Å²) in [5, 5.41) is 17.9. The van der Waals surface area contributed by atoms with Crippen molar-refractivity contribution in [2.24, 2.45) is 13.0 Å². The summed E-state index contributed by atoms with van der Waals surface area (Å²) < 4.78 is 46.2. The first kappa shape index (κ1) is 42.4. The first-order valence-electron chi connectivity index (χ1n) is 21.1. The number of fused-ring (bicyclic) bond motifs is 1. The molecule has 1 unspecified atom stereocenters. The molecular weight excluding hydrogens is 803 g/mol. The molecule has 4 N–H and O–H groups in total. The quantitative estimate of drug-likeness (QED) is 0.124. The van der Waals surface area contributed by atoms with E-state index in [0.29, 0.717) is 35.2 Å². The molecule has 324 valence electrons. The molecule has 3 saturated heterocycles. The van der Waals surface area contributed by atoms with E-state index in [2.05, 4.69) is 86.2 Å². The Morgan fingerprint density at radius 3 is 2.59 bits per heavy atom. The van der Waals surface area contributed by atoms with E-state index < -0.39 is 18.3 Å². The van der Waals surface area contributed by atoms with Gasteiger partial charge in [-0.05, 0) is 94.8 Å². The summed E-state index contributed by atoms with van der Waals surface area (Å²) >= 11 is 6.57.